The zero-order chi connectivity index (χ0) is 19.3. The first-order chi connectivity index (χ1) is 13.7. The van der Waals surface area contributed by atoms with Crippen LogP contribution in [0.3, 0.4) is 0 Å². The highest BCUT2D eigenvalue weighted by molar-refractivity contribution is 6.34. The van der Waals surface area contributed by atoms with E-state index in [1.54, 1.807) is 12.4 Å². The lowest BCUT2D eigenvalue weighted by molar-refractivity contribution is 0.158. The largest absolute Gasteiger partial charge is 0.380 e. The van der Waals surface area contributed by atoms with Crippen molar-refractivity contribution >= 4 is 28.5 Å². The van der Waals surface area contributed by atoms with Crippen molar-refractivity contribution in [2.75, 3.05) is 25.1 Å². The van der Waals surface area contributed by atoms with E-state index in [-0.39, 0.29) is 0 Å². The lowest BCUT2D eigenvalue weighted by Gasteiger charge is -2.05. The summed E-state index contributed by atoms with van der Waals surface area (Å²) in [5.74, 6) is 1.55. The number of rotatable bonds is 7. The van der Waals surface area contributed by atoms with E-state index in [4.69, 9.17) is 21.3 Å². The summed E-state index contributed by atoms with van der Waals surface area (Å²) in [6, 6.07) is 13.5. The van der Waals surface area contributed by atoms with E-state index in [9.17, 15) is 0 Å². The van der Waals surface area contributed by atoms with Gasteiger partial charge < -0.3 is 15.0 Å². The second kappa shape index (κ2) is 8.37. The highest BCUT2D eigenvalue weighted by atomic mass is 35.5. The number of hydrogen-bond donors (Lipinski definition) is 2. The first-order valence-corrected chi connectivity index (χ1v) is 9.51. The number of benzene rings is 1. The number of aromatic amines is 1. The summed E-state index contributed by atoms with van der Waals surface area (Å²) >= 11 is 6.47. The second-order valence-corrected chi connectivity index (χ2v) is 6.61. The number of H-pyrrole nitrogens is 1. The van der Waals surface area contributed by atoms with Gasteiger partial charge in [-0.15, -0.1) is 0 Å². The van der Waals surface area contributed by atoms with Gasteiger partial charge in [-0.1, -0.05) is 17.7 Å². The van der Waals surface area contributed by atoms with E-state index in [0.717, 1.165) is 46.0 Å². The molecule has 0 saturated heterocycles. The molecule has 28 heavy (non-hydrogen) atoms. The van der Waals surface area contributed by atoms with Crippen LogP contribution in [0.15, 0.2) is 54.9 Å². The molecular formula is C21H20ClN5O. The molecule has 0 spiro atoms. The number of hydrogen-bond acceptors (Lipinski definition) is 5. The maximum atomic E-state index is 6.47. The van der Waals surface area contributed by atoms with Crippen molar-refractivity contribution < 1.29 is 4.74 Å². The van der Waals surface area contributed by atoms with Gasteiger partial charge in [0.05, 0.1) is 28.4 Å². The summed E-state index contributed by atoms with van der Waals surface area (Å²) in [7, 11) is 0. The number of pyridine rings is 2. The Bertz CT molecular complexity index is 1060. The molecule has 6 nitrogen and oxygen atoms in total. The maximum absolute atomic E-state index is 6.47. The number of imidazole rings is 1. The van der Waals surface area contributed by atoms with Gasteiger partial charge in [0, 0.05) is 36.7 Å². The molecule has 1 aromatic carbocycles. The van der Waals surface area contributed by atoms with Gasteiger partial charge in [-0.25, -0.2) is 9.97 Å². The molecule has 0 aliphatic heterocycles. The Morgan fingerprint density at radius 2 is 2.07 bits per heavy atom. The van der Waals surface area contributed by atoms with Crippen molar-refractivity contribution in [3.63, 3.8) is 0 Å². The van der Waals surface area contributed by atoms with Crippen LogP contribution in [0.4, 0.5) is 5.82 Å². The summed E-state index contributed by atoms with van der Waals surface area (Å²) in [5.41, 5.74) is 4.29. The topological polar surface area (TPSA) is 75.7 Å². The third-order valence-corrected chi connectivity index (χ3v) is 4.62. The van der Waals surface area contributed by atoms with Crippen LogP contribution in [-0.4, -0.2) is 39.7 Å². The fourth-order valence-corrected chi connectivity index (χ4v) is 3.18. The average Bonchev–Trinajstić information content (AvgIpc) is 3.14. The van der Waals surface area contributed by atoms with Gasteiger partial charge in [-0.3, -0.25) is 4.98 Å². The fourth-order valence-electron chi connectivity index (χ4n) is 2.92. The second-order valence-electron chi connectivity index (χ2n) is 6.21. The molecule has 4 aromatic rings. The van der Waals surface area contributed by atoms with Crippen LogP contribution >= 0.6 is 11.6 Å². The molecule has 0 amide bonds. The van der Waals surface area contributed by atoms with Crippen molar-refractivity contribution in [2.45, 2.75) is 6.92 Å². The highest BCUT2D eigenvalue weighted by Gasteiger charge is 2.11. The molecule has 7 heteroatoms. The summed E-state index contributed by atoms with van der Waals surface area (Å²) < 4.78 is 5.31. The zero-order valence-corrected chi connectivity index (χ0v) is 16.2. The predicted molar refractivity (Wildman–Crippen MR) is 113 cm³/mol. The lowest BCUT2D eigenvalue weighted by Crippen LogP contribution is -2.09. The van der Waals surface area contributed by atoms with Gasteiger partial charge in [-0.05, 0) is 43.3 Å². The van der Waals surface area contributed by atoms with Crippen molar-refractivity contribution in [3.05, 3.63) is 59.9 Å². The van der Waals surface area contributed by atoms with Crippen LogP contribution in [0, 0.1) is 0 Å². The van der Waals surface area contributed by atoms with Gasteiger partial charge in [0.2, 0.25) is 0 Å². The molecule has 0 atom stereocenters. The molecule has 0 radical (unpaired) electrons. The third-order valence-electron chi connectivity index (χ3n) is 4.31. The molecule has 0 bridgehead atoms. The Morgan fingerprint density at radius 3 is 2.82 bits per heavy atom. The number of halogens is 1. The Labute approximate surface area is 168 Å². The van der Waals surface area contributed by atoms with Gasteiger partial charge in [0.1, 0.15) is 11.6 Å². The van der Waals surface area contributed by atoms with Crippen molar-refractivity contribution in [1.29, 1.82) is 0 Å². The summed E-state index contributed by atoms with van der Waals surface area (Å²) in [5, 5.41) is 3.86. The van der Waals surface area contributed by atoms with Gasteiger partial charge in [0.15, 0.2) is 0 Å². The fraction of sp³-hybridized carbons (Fsp3) is 0.190. The molecular weight excluding hydrogens is 374 g/mol. The molecule has 0 saturated carbocycles. The molecule has 4 rings (SSSR count). The van der Waals surface area contributed by atoms with E-state index in [2.05, 4.69) is 20.3 Å². The van der Waals surface area contributed by atoms with Crippen molar-refractivity contribution in [1.82, 2.24) is 19.9 Å². The quantitative estimate of drug-likeness (QED) is 0.441. The smallest absolute Gasteiger partial charge is 0.140 e. The Balaban J connectivity index is 1.58. The minimum Gasteiger partial charge on any atom is -0.380 e. The monoisotopic (exact) mass is 393 g/mol. The molecule has 3 aromatic heterocycles. The van der Waals surface area contributed by atoms with Crippen LogP contribution in [0.1, 0.15) is 6.92 Å². The number of nitrogens with one attached hydrogen (secondary N) is 2. The van der Waals surface area contributed by atoms with Crippen molar-refractivity contribution in [2.24, 2.45) is 0 Å². The molecule has 142 valence electrons. The van der Waals surface area contributed by atoms with E-state index in [0.29, 0.717) is 18.2 Å². The molecule has 2 N–H and O–H groups in total. The van der Waals surface area contributed by atoms with Gasteiger partial charge in [-0.2, -0.15) is 0 Å². The number of fused-ring (bicyclic) bond motifs is 1. The Hall–Kier alpha value is -2.96. The molecule has 0 aliphatic carbocycles. The number of anilines is 1. The van der Waals surface area contributed by atoms with Crippen LogP contribution in [0.25, 0.3) is 33.7 Å². The maximum Gasteiger partial charge on any atom is 0.140 e. The summed E-state index contributed by atoms with van der Waals surface area (Å²) in [6.45, 7) is 4.07. The molecule has 3 heterocycles. The Morgan fingerprint density at radius 1 is 1.14 bits per heavy atom. The third kappa shape index (κ3) is 3.98. The average molecular weight is 394 g/mol. The van der Waals surface area contributed by atoms with E-state index < -0.39 is 0 Å². The SMILES string of the molecule is CCOCCNc1ccc(-c2nc3cc(-c4ccccn4)c(Cl)cc3[nH]2)cn1. The van der Waals surface area contributed by atoms with Gasteiger partial charge in [0.25, 0.3) is 0 Å². The summed E-state index contributed by atoms with van der Waals surface area (Å²) in [4.78, 5) is 16.8. The normalized spacial score (nSPS) is 11.1. The highest BCUT2D eigenvalue weighted by Crippen LogP contribution is 2.31. The minimum atomic E-state index is 0.633. The van der Waals surface area contributed by atoms with E-state index >= 15 is 0 Å². The van der Waals surface area contributed by atoms with Crippen LogP contribution in [0.5, 0.6) is 0 Å². The predicted octanol–water partition coefficient (Wildman–Crippen LogP) is 4.79. The van der Waals surface area contributed by atoms with Gasteiger partial charge >= 0.3 is 0 Å². The molecule has 0 fully saturated rings. The standard InChI is InChI=1S/C21H20ClN5O/c1-2-28-10-9-24-20-7-6-14(13-25-20)21-26-18-11-15(16(22)12-19(18)27-21)17-5-3-4-8-23-17/h3-8,11-13H,2,9-10H2,1H3,(H,24,25)(H,26,27). The van der Waals surface area contributed by atoms with Crippen LogP contribution < -0.4 is 5.32 Å². The minimum absolute atomic E-state index is 0.633. The Kier molecular flexibility index (Phi) is 5.50. The summed E-state index contributed by atoms with van der Waals surface area (Å²) in [6.07, 6.45) is 3.55. The molecule has 0 unspecified atom stereocenters. The van der Waals surface area contributed by atoms with Crippen LogP contribution in [0.2, 0.25) is 5.02 Å². The first-order valence-electron chi connectivity index (χ1n) is 9.13. The molecule has 0 aliphatic rings. The van der Waals surface area contributed by atoms with Crippen LogP contribution in [-0.2, 0) is 4.74 Å². The number of aromatic nitrogens is 4. The van der Waals surface area contributed by atoms with Crippen molar-refractivity contribution in [3.8, 4) is 22.6 Å². The number of ether oxygens (including phenoxy) is 1. The first kappa shape index (κ1) is 18.4. The van der Waals surface area contributed by atoms with E-state index in [1.807, 2.05) is 49.4 Å². The number of nitrogens with zero attached hydrogens (tertiary/aromatic N) is 3. The zero-order valence-electron chi connectivity index (χ0n) is 15.4. The lowest BCUT2D eigenvalue weighted by atomic mass is 10.1. The van der Waals surface area contributed by atoms with E-state index in [1.165, 1.54) is 0 Å².